The molecule has 1 aromatic rings. The normalized spacial score (nSPS) is 9.50. The minimum Gasteiger partial charge on any atom is -0.319 e. The molecule has 0 atom stereocenters. The summed E-state index contributed by atoms with van der Waals surface area (Å²) in [6.07, 6.45) is 1.45. The van der Waals surface area contributed by atoms with Gasteiger partial charge in [0.2, 0.25) is 0 Å². The van der Waals surface area contributed by atoms with Gasteiger partial charge in [0, 0.05) is 10.6 Å². The maximum absolute atomic E-state index is 10.9. The first-order valence-electron chi connectivity index (χ1n) is 3.92. The zero-order valence-corrected chi connectivity index (χ0v) is 7.56. The third-order valence-corrected chi connectivity index (χ3v) is 1.47. The van der Waals surface area contributed by atoms with E-state index in [-0.39, 0.29) is 0 Å². The van der Waals surface area contributed by atoms with E-state index in [0.29, 0.717) is 5.69 Å². The van der Waals surface area contributed by atoms with Gasteiger partial charge < -0.3 is 5.32 Å². The molecule has 0 saturated carbocycles. The Balaban J connectivity index is 2.56. The highest BCUT2D eigenvalue weighted by Gasteiger charge is 2.08. The predicted molar refractivity (Wildman–Crippen MR) is 49.5 cm³/mol. The Bertz CT molecular complexity index is 347. The fourth-order valence-corrected chi connectivity index (χ4v) is 0.860. The first-order chi connectivity index (χ1) is 6.58. The lowest BCUT2D eigenvalue weighted by molar-refractivity contribution is -0.467. The summed E-state index contributed by atoms with van der Waals surface area (Å²) in [5.41, 5.74) is 1.28. The van der Waals surface area contributed by atoms with Crippen molar-refractivity contribution >= 4 is 11.6 Å². The first-order valence-corrected chi connectivity index (χ1v) is 3.92. The lowest BCUT2D eigenvalue weighted by Crippen LogP contribution is -2.21. The summed E-state index contributed by atoms with van der Waals surface area (Å²) in [5.74, 6) is -0.652. The van der Waals surface area contributed by atoms with E-state index in [9.17, 15) is 14.9 Å². The summed E-state index contributed by atoms with van der Waals surface area (Å²) < 4.78 is 0. The number of nitrogens with one attached hydrogen (secondary N) is 1. The van der Waals surface area contributed by atoms with Crippen molar-refractivity contribution in [3.63, 3.8) is 0 Å². The number of carbonyl (C=O) groups excluding carboxylic acids is 1. The van der Waals surface area contributed by atoms with Crippen LogP contribution in [0.25, 0.3) is 0 Å². The van der Waals surface area contributed by atoms with E-state index in [2.05, 4.69) is 10.3 Å². The molecule has 0 aromatic carbocycles. The molecule has 0 radical (unpaired) electrons. The number of amides is 1. The van der Waals surface area contributed by atoms with E-state index < -0.39 is 17.4 Å². The summed E-state index contributed by atoms with van der Waals surface area (Å²) >= 11 is 0. The van der Waals surface area contributed by atoms with Gasteiger partial charge in [-0.25, -0.2) is 0 Å². The number of pyridine rings is 1. The van der Waals surface area contributed by atoms with Gasteiger partial charge in [-0.3, -0.25) is 19.9 Å². The van der Waals surface area contributed by atoms with Crippen molar-refractivity contribution in [1.29, 1.82) is 0 Å². The molecular formula is C8H9N3O3. The molecule has 0 saturated heterocycles. The van der Waals surface area contributed by atoms with Crippen LogP contribution < -0.4 is 5.32 Å². The van der Waals surface area contributed by atoms with Crippen molar-refractivity contribution in [3.8, 4) is 0 Å². The van der Waals surface area contributed by atoms with Gasteiger partial charge in [0.15, 0.2) is 0 Å². The number of aromatic nitrogens is 1. The van der Waals surface area contributed by atoms with Gasteiger partial charge in [-0.15, -0.1) is 0 Å². The van der Waals surface area contributed by atoms with Gasteiger partial charge in [-0.1, -0.05) is 0 Å². The van der Waals surface area contributed by atoms with Crippen LogP contribution >= 0.6 is 0 Å². The number of hydrogen-bond acceptors (Lipinski definition) is 4. The fraction of sp³-hybridized carbons (Fsp3) is 0.250. The van der Waals surface area contributed by atoms with E-state index >= 15 is 0 Å². The smallest absolute Gasteiger partial charge is 0.296 e. The summed E-state index contributed by atoms with van der Waals surface area (Å²) in [7, 11) is 0. The van der Waals surface area contributed by atoms with Crippen LogP contribution in [0.1, 0.15) is 5.69 Å². The average molecular weight is 195 g/mol. The molecule has 0 aliphatic heterocycles. The van der Waals surface area contributed by atoms with E-state index in [1.165, 1.54) is 6.20 Å². The van der Waals surface area contributed by atoms with E-state index in [4.69, 9.17) is 0 Å². The van der Waals surface area contributed by atoms with E-state index in [1.54, 1.807) is 12.1 Å². The van der Waals surface area contributed by atoms with Crippen LogP contribution in [0.3, 0.4) is 0 Å². The molecule has 0 bridgehead atoms. The van der Waals surface area contributed by atoms with Gasteiger partial charge in [0.05, 0.1) is 11.9 Å². The lowest BCUT2D eigenvalue weighted by Gasteiger charge is -2.01. The van der Waals surface area contributed by atoms with Crippen LogP contribution in [-0.2, 0) is 4.79 Å². The molecule has 0 unspecified atom stereocenters. The van der Waals surface area contributed by atoms with Crippen molar-refractivity contribution in [3.05, 3.63) is 34.1 Å². The van der Waals surface area contributed by atoms with Crippen LogP contribution in [0.15, 0.2) is 18.3 Å². The molecule has 0 aliphatic rings. The zero-order valence-electron chi connectivity index (χ0n) is 7.56. The molecule has 1 N–H and O–H groups in total. The zero-order chi connectivity index (χ0) is 10.6. The Hall–Kier alpha value is -1.98. The highest BCUT2D eigenvalue weighted by molar-refractivity contribution is 5.91. The standard InChI is InChI=1S/C8H9N3O3/c1-6-2-3-7(4-9-6)10-8(12)5-11(13)14/h2-4H,5H2,1H3,(H,10,12). The minimum atomic E-state index is -0.728. The second kappa shape index (κ2) is 4.31. The summed E-state index contributed by atoms with van der Waals surface area (Å²) in [4.78, 5) is 24.2. The fourth-order valence-electron chi connectivity index (χ4n) is 0.860. The van der Waals surface area contributed by atoms with Crippen molar-refractivity contribution < 1.29 is 9.72 Å². The summed E-state index contributed by atoms with van der Waals surface area (Å²) in [6.45, 7) is 1.08. The van der Waals surface area contributed by atoms with E-state index in [0.717, 1.165) is 5.69 Å². The largest absolute Gasteiger partial charge is 0.319 e. The molecule has 74 valence electrons. The maximum Gasteiger partial charge on any atom is 0.296 e. The number of hydrogen-bond donors (Lipinski definition) is 1. The van der Waals surface area contributed by atoms with Crippen LogP contribution in [0.4, 0.5) is 5.69 Å². The Morgan fingerprint density at radius 3 is 2.86 bits per heavy atom. The Morgan fingerprint density at radius 2 is 2.36 bits per heavy atom. The van der Waals surface area contributed by atoms with Gasteiger partial charge in [0.25, 0.3) is 12.5 Å². The molecule has 1 amide bonds. The second-order valence-electron chi connectivity index (χ2n) is 2.73. The van der Waals surface area contributed by atoms with Crippen molar-refractivity contribution in [2.24, 2.45) is 0 Å². The van der Waals surface area contributed by atoms with Crippen LogP contribution in [-0.4, -0.2) is 22.4 Å². The van der Waals surface area contributed by atoms with Crippen molar-refractivity contribution in [1.82, 2.24) is 4.98 Å². The molecule has 14 heavy (non-hydrogen) atoms. The van der Waals surface area contributed by atoms with Gasteiger partial charge >= 0.3 is 0 Å². The highest BCUT2D eigenvalue weighted by atomic mass is 16.6. The number of aryl methyl sites for hydroxylation is 1. The number of rotatable bonds is 3. The number of nitrogens with zero attached hydrogens (tertiary/aromatic N) is 2. The molecule has 6 heteroatoms. The third-order valence-electron chi connectivity index (χ3n) is 1.47. The summed E-state index contributed by atoms with van der Waals surface area (Å²) in [5, 5.41) is 12.3. The quantitative estimate of drug-likeness (QED) is 0.565. The SMILES string of the molecule is Cc1ccc(NC(=O)C[N+](=O)[O-])cn1. The van der Waals surface area contributed by atoms with Crippen molar-refractivity contribution in [2.45, 2.75) is 6.92 Å². The predicted octanol–water partition coefficient (Wildman–Crippen LogP) is 0.605. The Labute approximate surface area is 80.1 Å². The minimum absolute atomic E-state index is 0.461. The monoisotopic (exact) mass is 195 g/mol. The highest BCUT2D eigenvalue weighted by Crippen LogP contribution is 2.04. The molecular weight excluding hydrogens is 186 g/mol. The first kappa shape index (κ1) is 10.1. The number of nitro groups is 1. The molecule has 0 aliphatic carbocycles. The molecule has 1 aromatic heterocycles. The van der Waals surface area contributed by atoms with Gasteiger partial charge in [0.1, 0.15) is 0 Å². The average Bonchev–Trinajstić information content (AvgIpc) is 2.07. The van der Waals surface area contributed by atoms with Gasteiger partial charge in [-0.2, -0.15) is 0 Å². The van der Waals surface area contributed by atoms with Crippen molar-refractivity contribution in [2.75, 3.05) is 11.9 Å². The molecule has 0 fully saturated rings. The lowest BCUT2D eigenvalue weighted by atomic mass is 10.3. The van der Waals surface area contributed by atoms with Crippen LogP contribution in [0, 0.1) is 17.0 Å². The third kappa shape index (κ3) is 3.18. The molecule has 1 rings (SSSR count). The van der Waals surface area contributed by atoms with Gasteiger partial charge in [-0.05, 0) is 19.1 Å². The van der Waals surface area contributed by atoms with Crippen LogP contribution in [0.2, 0.25) is 0 Å². The Morgan fingerprint density at radius 1 is 1.64 bits per heavy atom. The topological polar surface area (TPSA) is 85.1 Å². The molecule has 1 heterocycles. The maximum atomic E-state index is 10.9. The number of anilines is 1. The van der Waals surface area contributed by atoms with E-state index in [1.807, 2.05) is 6.92 Å². The molecule has 6 nitrogen and oxygen atoms in total. The Kier molecular flexibility index (Phi) is 3.11. The number of carbonyl (C=O) groups is 1. The second-order valence-corrected chi connectivity index (χ2v) is 2.73. The summed E-state index contributed by atoms with van der Waals surface area (Å²) in [6, 6.07) is 3.35. The van der Waals surface area contributed by atoms with Crippen LogP contribution in [0.5, 0.6) is 0 Å². The molecule has 0 spiro atoms.